The molecular formula is C44H27N3S. The minimum atomic E-state index is 0.805. The van der Waals surface area contributed by atoms with Gasteiger partial charge in [-0.25, -0.2) is 4.98 Å². The van der Waals surface area contributed by atoms with Crippen LogP contribution in [0.15, 0.2) is 164 Å². The van der Waals surface area contributed by atoms with Gasteiger partial charge in [0.15, 0.2) is 5.82 Å². The zero-order chi connectivity index (χ0) is 31.6. The first-order valence-electron chi connectivity index (χ1n) is 16.1. The van der Waals surface area contributed by atoms with Crippen molar-refractivity contribution < 1.29 is 0 Å². The molecule has 224 valence electrons. The van der Waals surface area contributed by atoms with E-state index in [0.717, 1.165) is 33.7 Å². The molecule has 0 unspecified atom stereocenters. The van der Waals surface area contributed by atoms with E-state index in [4.69, 9.17) is 9.97 Å². The lowest BCUT2D eigenvalue weighted by molar-refractivity contribution is 1.05. The maximum atomic E-state index is 5.14. The molecule has 0 N–H and O–H groups in total. The van der Waals surface area contributed by atoms with Gasteiger partial charge in [-0.1, -0.05) is 115 Å². The summed E-state index contributed by atoms with van der Waals surface area (Å²) in [6, 6.07) is 54.2. The summed E-state index contributed by atoms with van der Waals surface area (Å²) < 4.78 is 4.88. The molecule has 10 rings (SSSR count). The smallest absolute Gasteiger partial charge is 0.156 e. The molecule has 0 bridgehead atoms. The minimum Gasteiger partial charge on any atom is -0.292 e. The van der Waals surface area contributed by atoms with Gasteiger partial charge < -0.3 is 0 Å². The summed E-state index contributed by atoms with van der Waals surface area (Å²) in [5.41, 5.74) is 8.82. The van der Waals surface area contributed by atoms with Crippen molar-refractivity contribution in [2.75, 3.05) is 0 Å². The Bertz CT molecular complexity index is 2760. The number of thiophene rings is 1. The first kappa shape index (κ1) is 27.1. The molecule has 0 aliphatic heterocycles. The number of benzene rings is 7. The van der Waals surface area contributed by atoms with E-state index in [-0.39, 0.29) is 0 Å². The van der Waals surface area contributed by atoms with Gasteiger partial charge in [-0.05, 0) is 69.4 Å². The quantitative estimate of drug-likeness (QED) is 0.194. The molecule has 3 aromatic heterocycles. The lowest BCUT2D eigenvalue weighted by Crippen LogP contribution is -1.99. The van der Waals surface area contributed by atoms with Crippen LogP contribution in [0.5, 0.6) is 0 Å². The fourth-order valence-corrected chi connectivity index (χ4v) is 8.40. The number of rotatable bonds is 4. The van der Waals surface area contributed by atoms with Gasteiger partial charge in [0.25, 0.3) is 0 Å². The van der Waals surface area contributed by atoms with Crippen LogP contribution in [0.2, 0.25) is 0 Å². The molecule has 4 heteroatoms. The van der Waals surface area contributed by atoms with Crippen molar-refractivity contribution >= 4 is 64.1 Å². The third-order valence-electron chi connectivity index (χ3n) is 9.47. The Morgan fingerprint density at radius 3 is 1.79 bits per heavy atom. The summed E-state index contributed by atoms with van der Waals surface area (Å²) in [7, 11) is 0. The molecule has 0 saturated heterocycles. The number of fused-ring (bicyclic) bond motifs is 9. The van der Waals surface area contributed by atoms with Crippen molar-refractivity contribution in [3.05, 3.63) is 164 Å². The van der Waals surface area contributed by atoms with Gasteiger partial charge >= 0.3 is 0 Å². The van der Waals surface area contributed by atoms with Crippen molar-refractivity contribution in [3.8, 4) is 39.3 Å². The van der Waals surface area contributed by atoms with Crippen LogP contribution in [0, 0.1) is 0 Å². The first-order chi connectivity index (χ1) is 23.8. The molecule has 0 aliphatic rings. The van der Waals surface area contributed by atoms with Crippen molar-refractivity contribution in [3.63, 3.8) is 0 Å². The number of hydrogen-bond acceptors (Lipinski definition) is 3. The molecule has 48 heavy (non-hydrogen) atoms. The molecule has 0 saturated carbocycles. The molecule has 0 fully saturated rings. The van der Waals surface area contributed by atoms with Crippen LogP contribution in [0.3, 0.4) is 0 Å². The van der Waals surface area contributed by atoms with Gasteiger partial charge in [-0.3, -0.25) is 9.55 Å². The zero-order valence-electron chi connectivity index (χ0n) is 25.8. The molecular weight excluding hydrogens is 603 g/mol. The lowest BCUT2D eigenvalue weighted by atomic mass is 9.95. The van der Waals surface area contributed by atoms with Gasteiger partial charge in [-0.15, -0.1) is 11.3 Å². The highest BCUT2D eigenvalue weighted by atomic mass is 32.1. The van der Waals surface area contributed by atoms with Crippen LogP contribution in [-0.4, -0.2) is 14.5 Å². The summed E-state index contributed by atoms with van der Waals surface area (Å²) in [6.07, 6.45) is 3.86. The van der Waals surface area contributed by atoms with Crippen LogP contribution >= 0.6 is 11.3 Å². The van der Waals surface area contributed by atoms with Gasteiger partial charge in [0, 0.05) is 36.5 Å². The molecule has 10 aromatic rings. The highest BCUT2D eigenvalue weighted by Crippen LogP contribution is 2.45. The Kier molecular flexibility index (Phi) is 6.05. The Morgan fingerprint density at radius 2 is 1.06 bits per heavy atom. The van der Waals surface area contributed by atoms with Gasteiger partial charge in [0.2, 0.25) is 0 Å². The van der Waals surface area contributed by atoms with E-state index >= 15 is 0 Å². The second-order valence-corrected chi connectivity index (χ2v) is 13.3. The lowest BCUT2D eigenvalue weighted by Gasteiger charge is -2.12. The average molecular weight is 630 g/mol. The highest BCUT2D eigenvalue weighted by molar-refractivity contribution is 7.26. The van der Waals surface area contributed by atoms with E-state index in [1.807, 2.05) is 23.7 Å². The maximum Gasteiger partial charge on any atom is 0.156 e. The van der Waals surface area contributed by atoms with E-state index in [0.29, 0.717) is 0 Å². The number of hydrogen-bond donors (Lipinski definition) is 0. The van der Waals surface area contributed by atoms with Crippen LogP contribution in [-0.2, 0) is 0 Å². The fourth-order valence-electron chi connectivity index (χ4n) is 7.27. The molecule has 0 spiro atoms. The standard InChI is InChI=1S/C44H27N3S/c1-3-11-28(12-4-1)31-23-32(29-13-5-2-6-14-29)25-33(24-31)37-26-46-41(27-45-37)47-38-18-10-9-17-35(38)36-20-22-40-43(44(36)47)42-34-16-8-7-15-30(34)19-21-39(42)48-40/h1-27H. The minimum absolute atomic E-state index is 0.805. The topological polar surface area (TPSA) is 30.7 Å². The van der Waals surface area contributed by atoms with E-state index in [2.05, 4.69) is 156 Å². The average Bonchev–Trinajstić information content (AvgIpc) is 3.72. The summed E-state index contributed by atoms with van der Waals surface area (Å²) in [5, 5.41) is 7.54. The number of aromatic nitrogens is 3. The zero-order valence-corrected chi connectivity index (χ0v) is 26.7. The van der Waals surface area contributed by atoms with Gasteiger partial charge in [0.1, 0.15) is 0 Å². The van der Waals surface area contributed by atoms with Crippen molar-refractivity contribution in [2.45, 2.75) is 0 Å². The molecule has 3 nitrogen and oxygen atoms in total. The second-order valence-electron chi connectivity index (χ2n) is 12.2. The molecule has 7 aromatic carbocycles. The van der Waals surface area contributed by atoms with E-state index in [9.17, 15) is 0 Å². The van der Waals surface area contributed by atoms with Crippen LogP contribution in [0.1, 0.15) is 0 Å². The summed E-state index contributed by atoms with van der Waals surface area (Å²) >= 11 is 1.85. The van der Waals surface area contributed by atoms with E-state index in [1.54, 1.807) is 0 Å². The third-order valence-corrected chi connectivity index (χ3v) is 10.6. The largest absolute Gasteiger partial charge is 0.292 e. The summed E-state index contributed by atoms with van der Waals surface area (Å²) in [5.74, 6) is 0.805. The Labute approximate surface area is 281 Å². The van der Waals surface area contributed by atoms with Crippen molar-refractivity contribution in [1.82, 2.24) is 14.5 Å². The SMILES string of the molecule is c1ccc(-c2cc(-c3ccccc3)cc(-c3cnc(-n4c5ccccc5c5ccc6sc7ccc8ccccc8c7c6c54)cn3)c2)cc1. The normalized spacial score (nSPS) is 11.8. The van der Waals surface area contributed by atoms with Gasteiger partial charge in [0.05, 0.1) is 29.1 Å². The molecule has 0 atom stereocenters. The monoisotopic (exact) mass is 629 g/mol. The second kappa shape index (κ2) is 10.7. The highest BCUT2D eigenvalue weighted by Gasteiger charge is 2.20. The number of nitrogens with zero attached hydrogens (tertiary/aromatic N) is 3. The third kappa shape index (κ3) is 4.20. The van der Waals surface area contributed by atoms with Crippen molar-refractivity contribution in [1.29, 1.82) is 0 Å². The Hall–Kier alpha value is -6.10. The predicted molar refractivity (Wildman–Crippen MR) is 203 cm³/mol. The van der Waals surface area contributed by atoms with Crippen LogP contribution in [0.25, 0.3) is 92.1 Å². The summed E-state index contributed by atoms with van der Waals surface area (Å²) in [6.45, 7) is 0. The summed E-state index contributed by atoms with van der Waals surface area (Å²) in [4.78, 5) is 10.2. The predicted octanol–water partition coefficient (Wildman–Crippen LogP) is 12.1. The molecule has 0 amide bonds. The molecule has 0 radical (unpaired) electrons. The van der Waals surface area contributed by atoms with E-state index in [1.165, 1.54) is 58.4 Å². The van der Waals surface area contributed by atoms with E-state index < -0.39 is 0 Å². The van der Waals surface area contributed by atoms with Gasteiger partial charge in [-0.2, -0.15) is 0 Å². The Balaban J connectivity index is 1.20. The van der Waals surface area contributed by atoms with Crippen molar-refractivity contribution in [2.24, 2.45) is 0 Å². The maximum absolute atomic E-state index is 5.14. The first-order valence-corrected chi connectivity index (χ1v) is 17.0. The van der Waals surface area contributed by atoms with Crippen LogP contribution < -0.4 is 0 Å². The fraction of sp³-hybridized carbons (Fsp3) is 0. The molecule has 0 aliphatic carbocycles. The Morgan fingerprint density at radius 1 is 0.438 bits per heavy atom. The van der Waals surface area contributed by atoms with Crippen LogP contribution in [0.4, 0.5) is 0 Å². The molecule has 3 heterocycles. The number of para-hydroxylation sites is 1.